The standard InChI is InChI=1S/C22H26F4O3S/c1-10(2)13-7-14(11(3)4)16(15(8-13)12(5)6)9-17-18(23)20(25)22(30(27,28)29)21(26)19(17)24/h7-8,10-12H,9H2,1-6H3,(H,27,28,29). The molecule has 0 spiro atoms. The Morgan fingerprint density at radius 1 is 0.733 bits per heavy atom. The molecule has 8 heteroatoms. The molecule has 2 aromatic rings. The van der Waals surface area contributed by atoms with Gasteiger partial charge in [0, 0.05) is 12.0 Å². The van der Waals surface area contributed by atoms with Crippen LogP contribution >= 0.6 is 0 Å². The molecule has 0 aliphatic rings. The monoisotopic (exact) mass is 446 g/mol. The van der Waals surface area contributed by atoms with Gasteiger partial charge in [-0.2, -0.15) is 8.42 Å². The van der Waals surface area contributed by atoms with Gasteiger partial charge in [-0.05, 0) is 40.0 Å². The van der Waals surface area contributed by atoms with Crippen LogP contribution < -0.4 is 0 Å². The van der Waals surface area contributed by atoms with Crippen LogP contribution in [-0.4, -0.2) is 13.0 Å². The molecule has 0 saturated carbocycles. The second-order valence-corrected chi connectivity index (χ2v) is 9.72. The van der Waals surface area contributed by atoms with E-state index in [2.05, 4.69) is 0 Å². The second kappa shape index (κ2) is 8.67. The van der Waals surface area contributed by atoms with Gasteiger partial charge in [0.1, 0.15) is 0 Å². The van der Waals surface area contributed by atoms with E-state index in [0.29, 0.717) is 5.56 Å². The Bertz CT molecular complexity index is 1020. The summed E-state index contributed by atoms with van der Waals surface area (Å²) in [5, 5.41) is 0. The number of halogens is 4. The Balaban J connectivity index is 2.83. The summed E-state index contributed by atoms with van der Waals surface area (Å²) in [6.45, 7) is 11.7. The van der Waals surface area contributed by atoms with Crippen molar-refractivity contribution in [3.05, 3.63) is 63.2 Å². The van der Waals surface area contributed by atoms with E-state index < -0.39 is 50.3 Å². The third-order valence-corrected chi connectivity index (χ3v) is 6.05. The zero-order chi connectivity index (χ0) is 23.1. The Hall–Kier alpha value is -1.93. The Morgan fingerprint density at radius 2 is 1.13 bits per heavy atom. The summed E-state index contributed by atoms with van der Waals surface area (Å²) < 4.78 is 89.1. The highest BCUT2D eigenvalue weighted by molar-refractivity contribution is 7.85. The van der Waals surface area contributed by atoms with Crippen LogP contribution in [0.5, 0.6) is 0 Å². The Kier molecular flexibility index (Phi) is 7.03. The average molecular weight is 447 g/mol. The van der Waals surface area contributed by atoms with E-state index in [1.165, 1.54) is 0 Å². The first-order valence-corrected chi connectivity index (χ1v) is 11.1. The molecule has 0 aliphatic carbocycles. The van der Waals surface area contributed by atoms with Crippen molar-refractivity contribution in [3.63, 3.8) is 0 Å². The van der Waals surface area contributed by atoms with Gasteiger partial charge in [-0.15, -0.1) is 0 Å². The SMILES string of the molecule is CC(C)c1cc(C(C)C)c(Cc2c(F)c(F)c(S(=O)(=O)O)c(F)c2F)c(C(C)C)c1. The molecule has 0 radical (unpaired) electrons. The van der Waals surface area contributed by atoms with E-state index in [-0.39, 0.29) is 17.8 Å². The van der Waals surface area contributed by atoms with Crippen molar-refractivity contribution in [2.75, 3.05) is 0 Å². The van der Waals surface area contributed by atoms with Gasteiger partial charge >= 0.3 is 10.1 Å². The quantitative estimate of drug-likeness (QED) is 0.315. The molecule has 0 heterocycles. The fraction of sp³-hybridized carbons (Fsp3) is 0.455. The minimum absolute atomic E-state index is 0.0332. The third kappa shape index (κ3) is 4.54. The first-order chi connectivity index (χ1) is 13.7. The second-order valence-electron chi connectivity index (χ2n) is 8.36. The molecule has 0 unspecified atom stereocenters. The van der Waals surface area contributed by atoms with Crippen molar-refractivity contribution in [2.45, 2.75) is 70.6 Å². The largest absolute Gasteiger partial charge is 0.300 e. The Labute approximate surface area is 174 Å². The zero-order valence-electron chi connectivity index (χ0n) is 17.8. The van der Waals surface area contributed by atoms with Crippen LogP contribution in [0.25, 0.3) is 0 Å². The molecule has 30 heavy (non-hydrogen) atoms. The molecule has 0 aliphatic heterocycles. The number of hydrogen-bond donors (Lipinski definition) is 1. The van der Waals surface area contributed by atoms with Crippen molar-refractivity contribution < 1.29 is 30.5 Å². The van der Waals surface area contributed by atoms with Gasteiger partial charge in [-0.25, -0.2) is 17.6 Å². The smallest absolute Gasteiger partial charge is 0.282 e. The lowest BCUT2D eigenvalue weighted by Gasteiger charge is -2.23. The number of rotatable bonds is 6. The molecular weight excluding hydrogens is 420 g/mol. The van der Waals surface area contributed by atoms with Crippen molar-refractivity contribution in [3.8, 4) is 0 Å². The fourth-order valence-electron chi connectivity index (χ4n) is 3.52. The summed E-state index contributed by atoms with van der Waals surface area (Å²) in [5.41, 5.74) is 2.25. The minimum Gasteiger partial charge on any atom is -0.282 e. The number of benzene rings is 2. The maximum Gasteiger partial charge on any atom is 0.300 e. The molecule has 0 amide bonds. The summed E-state index contributed by atoms with van der Waals surface area (Å²) in [4.78, 5) is -2.02. The highest BCUT2D eigenvalue weighted by Gasteiger charge is 2.33. The molecule has 3 nitrogen and oxygen atoms in total. The van der Waals surface area contributed by atoms with Gasteiger partial charge in [0.25, 0.3) is 0 Å². The lowest BCUT2D eigenvalue weighted by Crippen LogP contribution is -2.15. The predicted molar refractivity (Wildman–Crippen MR) is 108 cm³/mol. The molecule has 1 N–H and O–H groups in total. The van der Waals surface area contributed by atoms with E-state index in [4.69, 9.17) is 4.55 Å². The van der Waals surface area contributed by atoms with E-state index >= 15 is 0 Å². The molecule has 0 fully saturated rings. The van der Waals surface area contributed by atoms with Gasteiger partial charge in [-0.3, -0.25) is 4.55 Å². The summed E-state index contributed by atoms with van der Waals surface area (Å²) >= 11 is 0. The van der Waals surface area contributed by atoms with Gasteiger partial charge in [0.2, 0.25) is 0 Å². The van der Waals surface area contributed by atoms with E-state index in [9.17, 15) is 26.0 Å². The maximum absolute atomic E-state index is 14.6. The van der Waals surface area contributed by atoms with Crippen LogP contribution in [0.3, 0.4) is 0 Å². The van der Waals surface area contributed by atoms with Gasteiger partial charge in [-0.1, -0.05) is 53.7 Å². The van der Waals surface area contributed by atoms with Crippen molar-refractivity contribution in [2.24, 2.45) is 0 Å². The minimum atomic E-state index is -5.49. The zero-order valence-corrected chi connectivity index (χ0v) is 18.6. The van der Waals surface area contributed by atoms with Crippen molar-refractivity contribution in [1.29, 1.82) is 0 Å². The van der Waals surface area contributed by atoms with Gasteiger partial charge < -0.3 is 0 Å². The molecule has 0 aromatic heterocycles. The molecular formula is C22H26F4O3S. The van der Waals surface area contributed by atoms with Gasteiger partial charge in [0.05, 0.1) is 0 Å². The summed E-state index contributed by atoms with van der Waals surface area (Å²) in [6.07, 6.45) is -0.462. The van der Waals surface area contributed by atoms with Crippen molar-refractivity contribution >= 4 is 10.1 Å². The average Bonchev–Trinajstić information content (AvgIpc) is 2.61. The molecule has 2 rings (SSSR count). The molecule has 0 atom stereocenters. The molecule has 2 aromatic carbocycles. The Morgan fingerprint density at radius 3 is 1.43 bits per heavy atom. The topological polar surface area (TPSA) is 54.4 Å². The van der Waals surface area contributed by atoms with E-state index in [1.807, 2.05) is 53.7 Å². The lowest BCUT2D eigenvalue weighted by molar-refractivity contribution is 0.396. The van der Waals surface area contributed by atoms with Crippen LogP contribution in [-0.2, 0) is 16.5 Å². The lowest BCUT2D eigenvalue weighted by atomic mass is 9.82. The molecule has 0 bridgehead atoms. The van der Waals surface area contributed by atoms with Crippen LogP contribution in [0.15, 0.2) is 17.0 Å². The van der Waals surface area contributed by atoms with E-state index in [0.717, 1.165) is 16.7 Å². The van der Waals surface area contributed by atoms with Crippen LogP contribution in [0.4, 0.5) is 17.6 Å². The fourth-order valence-corrected chi connectivity index (χ4v) is 4.16. The first-order valence-electron chi connectivity index (χ1n) is 9.67. The van der Waals surface area contributed by atoms with Crippen molar-refractivity contribution in [1.82, 2.24) is 0 Å². The highest BCUT2D eigenvalue weighted by Crippen LogP contribution is 2.36. The summed E-state index contributed by atoms with van der Waals surface area (Å²) in [6, 6.07) is 3.84. The first kappa shape index (κ1) is 24.3. The molecule has 0 saturated heterocycles. The van der Waals surface area contributed by atoms with Gasteiger partial charge in [0.15, 0.2) is 28.2 Å². The number of hydrogen-bond acceptors (Lipinski definition) is 2. The highest BCUT2D eigenvalue weighted by atomic mass is 32.2. The summed E-state index contributed by atoms with van der Waals surface area (Å²) in [7, 11) is -5.49. The predicted octanol–water partition coefficient (Wildman–Crippen LogP) is 6.45. The van der Waals surface area contributed by atoms with Crippen LogP contribution in [0.1, 0.15) is 87.1 Å². The molecule has 166 valence electrons. The van der Waals surface area contributed by atoms with Crippen LogP contribution in [0.2, 0.25) is 0 Å². The maximum atomic E-state index is 14.6. The van der Waals surface area contributed by atoms with E-state index in [1.54, 1.807) is 0 Å². The van der Waals surface area contributed by atoms with Crippen LogP contribution in [0, 0.1) is 23.3 Å². The summed E-state index contributed by atoms with van der Waals surface area (Å²) in [5.74, 6) is -7.81. The third-order valence-electron chi connectivity index (χ3n) is 5.18. The normalized spacial score (nSPS) is 12.5.